The van der Waals surface area contributed by atoms with Gasteiger partial charge in [0.25, 0.3) is 0 Å². The minimum atomic E-state index is -0.250. The average molecular weight is 420 g/mol. The molecule has 0 bridgehead atoms. The molecule has 0 spiro atoms. The number of carbonyl (C=O) groups is 2. The van der Waals surface area contributed by atoms with Crippen molar-refractivity contribution in [3.05, 3.63) is 24.3 Å². The van der Waals surface area contributed by atoms with E-state index >= 15 is 0 Å². The van der Waals surface area contributed by atoms with Crippen LogP contribution in [0.5, 0.6) is 0 Å². The molecule has 1 aliphatic heterocycles. The first-order chi connectivity index (χ1) is 14.2. The maximum absolute atomic E-state index is 12.6. The Kier molecular flexibility index (Phi) is 9.19. The van der Waals surface area contributed by atoms with E-state index in [4.69, 9.17) is 5.73 Å². The lowest BCUT2D eigenvalue weighted by molar-refractivity contribution is -0.119. The molecule has 5 N–H and O–H groups in total. The highest BCUT2D eigenvalue weighted by atomic mass is 16.2. The first-order valence-electron chi connectivity index (χ1n) is 10.5. The van der Waals surface area contributed by atoms with Crippen molar-refractivity contribution in [3.63, 3.8) is 0 Å². The second-order valence-electron chi connectivity index (χ2n) is 8.24. The van der Waals surface area contributed by atoms with Crippen LogP contribution in [0.15, 0.2) is 24.3 Å². The molecule has 1 aromatic rings. The Hall–Kier alpha value is -2.04. The Morgan fingerprint density at radius 3 is 2.40 bits per heavy atom. The molecule has 1 aliphatic rings. The van der Waals surface area contributed by atoms with Gasteiger partial charge >= 0.3 is 0 Å². The fourth-order valence-electron chi connectivity index (χ4n) is 3.36. The molecule has 1 fully saturated rings. The van der Waals surface area contributed by atoms with Gasteiger partial charge in [0, 0.05) is 64.0 Å². The summed E-state index contributed by atoms with van der Waals surface area (Å²) in [7, 11) is 2.12. The summed E-state index contributed by atoms with van der Waals surface area (Å²) in [4.78, 5) is 26.4. The molecule has 2 rings (SSSR count). The molecule has 0 atom stereocenters. The molecule has 1 heterocycles. The van der Waals surface area contributed by atoms with Gasteiger partial charge in [-0.1, -0.05) is 0 Å². The largest absolute Gasteiger partial charge is 0.325 e. The minimum absolute atomic E-state index is 0.00870. The van der Waals surface area contributed by atoms with Crippen molar-refractivity contribution in [2.45, 2.75) is 26.3 Å². The molecular formula is C21H37N7O2. The van der Waals surface area contributed by atoms with E-state index in [2.05, 4.69) is 46.8 Å². The molecule has 0 aromatic heterocycles. The van der Waals surface area contributed by atoms with Crippen LogP contribution in [-0.4, -0.2) is 86.7 Å². The number of nitrogens with one attached hydrogen (secondary N) is 3. The number of anilines is 2. The standard InChI is InChI=1S/C21H37N7O2/c1-17(29)28(19-7-5-18(6-8-19)25-20(30)15-22)27-12-11-23-9-10-24-16-21(2,3)26(4)13-14-27/h5-8,23-24H,9-16,22H2,1-4H3,(H,25,30). The van der Waals surface area contributed by atoms with E-state index < -0.39 is 0 Å². The molecule has 168 valence electrons. The monoisotopic (exact) mass is 419 g/mol. The van der Waals surface area contributed by atoms with Gasteiger partial charge in [0.05, 0.1) is 12.2 Å². The number of hydrogen-bond acceptors (Lipinski definition) is 7. The molecule has 0 unspecified atom stereocenters. The lowest BCUT2D eigenvalue weighted by atomic mass is 10.0. The Bertz CT molecular complexity index is 693. The zero-order chi connectivity index (χ0) is 22.1. The van der Waals surface area contributed by atoms with E-state index in [9.17, 15) is 9.59 Å². The van der Waals surface area contributed by atoms with Crippen LogP contribution < -0.4 is 26.7 Å². The highest BCUT2D eigenvalue weighted by molar-refractivity contribution is 5.93. The smallest absolute Gasteiger partial charge is 0.238 e. The lowest BCUT2D eigenvalue weighted by Gasteiger charge is -2.40. The van der Waals surface area contributed by atoms with Gasteiger partial charge in [0.15, 0.2) is 0 Å². The first-order valence-corrected chi connectivity index (χ1v) is 10.5. The third-order valence-corrected chi connectivity index (χ3v) is 5.47. The summed E-state index contributed by atoms with van der Waals surface area (Å²) in [6, 6.07) is 7.26. The third-order valence-electron chi connectivity index (χ3n) is 5.47. The van der Waals surface area contributed by atoms with E-state index in [0.717, 1.165) is 38.4 Å². The number of rotatable bonds is 4. The first kappa shape index (κ1) is 24.2. The summed E-state index contributed by atoms with van der Waals surface area (Å²) in [6.45, 7) is 11.7. The summed E-state index contributed by atoms with van der Waals surface area (Å²) < 4.78 is 0. The van der Waals surface area contributed by atoms with Gasteiger partial charge in [-0.2, -0.15) is 0 Å². The maximum Gasteiger partial charge on any atom is 0.238 e. The Labute approximate surface area is 179 Å². The van der Waals surface area contributed by atoms with Crippen molar-refractivity contribution in [2.75, 3.05) is 69.7 Å². The fraction of sp³-hybridized carbons (Fsp3) is 0.619. The number of benzene rings is 1. The summed E-state index contributed by atoms with van der Waals surface area (Å²) in [6.07, 6.45) is 0. The van der Waals surface area contributed by atoms with Crippen LogP contribution in [0.3, 0.4) is 0 Å². The van der Waals surface area contributed by atoms with E-state index in [1.54, 1.807) is 24.1 Å². The molecular weight excluding hydrogens is 382 g/mol. The summed E-state index contributed by atoms with van der Waals surface area (Å²) >= 11 is 0. The van der Waals surface area contributed by atoms with E-state index in [-0.39, 0.29) is 23.9 Å². The van der Waals surface area contributed by atoms with Crippen molar-refractivity contribution in [1.29, 1.82) is 0 Å². The van der Waals surface area contributed by atoms with E-state index in [0.29, 0.717) is 18.8 Å². The molecule has 2 amide bonds. The highest BCUT2D eigenvalue weighted by Crippen LogP contribution is 2.21. The van der Waals surface area contributed by atoms with Gasteiger partial charge in [-0.05, 0) is 45.2 Å². The molecule has 0 saturated carbocycles. The van der Waals surface area contributed by atoms with E-state index in [1.165, 1.54) is 0 Å². The number of likely N-dealkylation sites (N-methyl/N-ethyl adjacent to an activating group) is 1. The molecule has 0 radical (unpaired) electrons. The molecule has 9 heteroatoms. The summed E-state index contributed by atoms with van der Waals surface area (Å²) in [5, 5.41) is 13.5. The predicted molar refractivity (Wildman–Crippen MR) is 121 cm³/mol. The minimum Gasteiger partial charge on any atom is -0.325 e. The summed E-state index contributed by atoms with van der Waals surface area (Å²) in [5.41, 5.74) is 6.78. The molecule has 1 aromatic carbocycles. The fourth-order valence-corrected chi connectivity index (χ4v) is 3.36. The highest BCUT2D eigenvalue weighted by Gasteiger charge is 2.26. The van der Waals surface area contributed by atoms with Gasteiger partial charge in [-0.15, -0.1) is 0 Å². The van der Waals surface area contributed by atoms with Crippen molar-refractivity contribution in [3.8, 4) is 0 Å². The number of hydrazine groups is 1. The topological polar surface area (TPSA) is 106 Å². The van der Waals surface area contributed by atoms with Gasteiger partial charge < -0.3 is 21.7 Å². The van der Waals surface area contributed by atoms with Crippen LogP contribution >= 0.6 is 0 Å². The maximum atomic E-state index is 12.6. The number of amides is 2. The second-order valence-corrected chi connectivity index (χ2v) is 8.24. The molecule has 9 nitrogen and oxygen atoms in total. The van der Waals surface area contributed by atoms with Crippen LogP contribution in [-0.2, 0) is 9.59 Å². The Balaban J connectivity index is 2.19. The zero-order valence-corrected chi connectivity index (χ0v) is 18.7. The Morgan fingerprint density at radius 1 is 1.10 bits per heavy atom. The second kappa shape index (κ2) is 11.4. The predicted octanol–water partition coefficient (Wildman–Crippen LogP) is 0.0569. The third kappa shape index (κ3) is 7.03. The lowest BCUT2D eigenvalue weighted by Crippen LogP contribution is -2.56. The normalized spacial score (nSPS) is 19.4. The Morgan fingerprint density at radius 2 is 1.77 bits per heavy atom. The van der Waals surface area contributed by atoms with Crippen molar-refractivity contribution in [1.82, 2.24) is 20.5 Å². The molecule has 0 aliphatic carbocycles. The van der Waals surface area contributed by atoms with Gasteiger partial charge in [-0.3, -0.25) is 14.5 Å². The zero-order valence-electron chi connectivity index (χ0n) is 18.7. The molecule has 30 heavy (non-hydrogen) atoms. The van der Waals surface area contributed by atoms with Crippen LogP contribution in [0.25, 0.3) is 0 Å². The van der Waals surface area contributed by atoms with Gasteiger partial charge in [0.1, 0.15) is 0 Å². The van der Waals surface area contributed by atoms with Crippen LogP contribution in [0.4, 0.5) is 11.4 Å². The SMILES string of the molecule is CC(=O)N(c1ccc(NC(=O)CN)cc1)N1CCNCCNCC(C)(C)N(C)CC1. The number of carbonyl (C=O) groups excluding carboxylic acids is 2. The van der Waals surface area contributed by atoms with Gasteiger partial charge in [-0.25, -0.2) is 10.0 Å². The van der Waals surface area contributed by atoms with Crippen LogP contribution in [0.1, 0.15) is 20.8 Å². The number of hydrogen-bond donors (Lipinski definition) is 4. The van der Waals surface area contributed by atoms with Crippen LogP contribution in [0.2, 0.25) is 0 Å². The average Bonchev–Trinajstić information content (AvgIpc) is 2.70. The van der Waals surface area contributed by atoms with E-state index in [1.807, 2.05) is 12.1 Å². The van der Waals surface area contributed by atoms with Crippen LogP contribution in [0, 0.1) is 0 Å². The number of nitrogens with two attached hydrogens (primary N) is 1. The quantitative estimate of drug-likeness (QED) is 0.547. The van der Waals surface area contributed by atoms with Crippen molar-refractivity contribution >= 4 is 23.2 Å². The molecule has 1 saturated heterocycles. The van der Waals surface area contributed by atoms with Crippen molar-refractivity contribution in [2.24, 2.45) is 5.73 Å². The van der Waals surface area contributed by atoms with Gasteiger partial charge in [0.2, 0.25) is 11.8 Å². The summed E-state index contributed by atoms with van der Waals surface area (Å²) in [5.74, 6) is -0.301. The number of nitrogens with zero attached hydrogens (tertiary/aromatic N) is 3. The van der Waals surface area contributed by atoms with Crippen molar-refractivity contribution < 1.29 is 9.59 Å².